The second-order valence-electron chi connectivity index (χ2n) is 3.39. The highest BCUT2D eigenvalue weighted by Gasteiger charge is 2.04. The van der Waals surface area contributed by atoms with Crippen molar-refractivity contribution in [2.24, 2.45) is 0 Å². The first kappa shape index (κ1) is 13.3. The van der Waals surface area contributed by atoms with Gasteiger partial charge in [0.1, 0.15) is 0 Å². The van der Waals surface area contributed by atoms with Gasteiger partial charge in [0.15, 0.2) is 0 Å². The summed E-state index contributed by atoms with van der Waals surface area (Å²) in [6.45, 7) is 4.10. The number of nitrogens with one attached hydrogen (secondary N) is 1. The van der Waals surface area contributed by atoms with Crippen LogP contribution in [-0.2, 0) is 11.2 Å². The first-order valence-electron chi connectivity index (χ1n) is 4.93. The Kier molecular flexibility index (Phi) is 5.56. The van der Waals surface area contributed by atoms with Gasteiger partial charge in [-0.1, -0.05) is 52.3 Å². The topological polar surface area (TPSA) is 29.1 Å². The highest BCUT2D eigenvalue weighted by Crippen LogP contribution is 2.16. The van der Waals surface area contributed by atoms with Crippen molar-refractivity contribution in [3.63, 3.8) is 0 Å². The van der Waals surface area contributed by atoms with Gasteiger partial charge in [0, 0.05) is 22.5 Å². The lowest BCUT2D eigenvalue weighted by Crippen LogP contribution is -2.24. The van der Waals surface area contributed by atoms with Gasteiger partial charge in [0.2, 0.25) is 5.91 Å². The SMILES string of the molecule is C=C(Br)CNC(=O)CCc1ccccc1Cl. The fraction of sp³-hybridized carbons (Fsp3) is 0.250. The first-order chi connectivity index (χ1) is 7.59. The lowest BCUT2D eigenvalue weighted by Gasteiger charge is -2.05. The molecule has 0 spiro atoms. The number of amides is 1. The quantitative estimate of drug-likeness (QED) is 0.888. The van der Waals surface area contributed by atoms with E-state index in [0.29, 0.717) is 24.4 Å². The van der Waals surface area contributed by atoms with Gasteiger partial charge >= 0.3 is 0 Å². The van der Waals surface area contributed by atoms with Crippen molar-refractivity contribution in [1.29, 1.82) is 0 Å². The van der Waals surface area contributed by atoms with E-state index < -0.39 is 0 Å². The van der Waals surface area contributed by atoms with Crippen LogP contribution >= 0.6 is 27.5 Å². The number of halogens is 2. The van der Waals surface area contributed by atoms with E-state index in [9.17, 15) is 4.79 Å². The van der Waals surface area contributed by atoms with E-state index in [4.69, 9.17) is 11.6 Å². The maximum atomic E-state index is 11.4. The molecule has 2 nitrogen and oxygen atoms in total. The molecule has 0 aromatic heterocycles. The predicted octanol–water partition coefficient (Wildman–Crippen LogP) is 3.30. The molecule has 0 aliphatic carbocycles. The van der Waals surface area contributed by atoms with Crippen LogP contribution in [0.1, 0.15) is 12.0 Å². The molecule has 0 atom stereocenters. The van der Waals surface area contributed by atoms with Gasteiger partial charge in [0.25, 0.3) is 0 Å². The second kappa shape index (κ2) is 6.71. The van der Waals surface area contributed by atoms with E-state index in [1.807, 2.05) is 24.3 Å². The fourth-order valence-corrected chi connectivity index (χ4v) is 1.60. The molecular formula is C12H13BrClNO. The van der Waals surface area contributed by atoms with Crippen LogP contribution in [0.15, 0.2) is 35.3 Å². The van der Waals surface area contributed by atoms with Gasteiger partial charge < -0.3 is 5.32 Å². The molecule has 1 amide bonds. The zero-order valence-electron chi connectivity index (χ0n) is 8.80. The third-order valence-electron chi connectivity index (χ3n) is 2.06. The van der Waals surface area contributed by atoms with E-state index in [1.54, 1.807) is 0 Å². The Morgan fingerprint density at radius 1 is 1.44 bits per heavy atom. The summed E-state index contributed by atoms with van der Waals surface area (Å²) in [6.07, 6.45) is 1.09. The van der Waals surface area contributed by atoms with Gasteiger partial charge in [-0.25, -0.2) is 0 Å². The predicted molar refractivity (Wildman–Crippen MR) is 70.8 cm³/mol. The molecule has 0 aliphatic heterocycles. The summed E-state index contributed by atoms with van der Waals surface area (Å²) < 4.78 is 0.763. The molecule has 0 fully saturated rings. The monoisotopic (exact) mass is 301 g/mol. The van der Waals surface area contributed by atoms with Gasteiger partial charge in [-0.2, -0.15) is 0 Å². The van der Waals surface area contributed by atoms with Crippen molar-refractivity contribution >= 4 is 33.4 Å². The summed E-state index contributed by atoms with van der Waals surface area (Å²) >= 11 is 9.16. The maximum absolute atomic E-state index is 11.4. The van der Waals surface area contributed by atoms with E-state index >= 15 is 0 Å². The van der Waals surface area contributed by atoms with Crippen LogP contribution in [0.25, 0.3) is 0 Å². The Balaban J connectivity index is 2.37. The average molecular weight is 303 g/mol. The van der Waals surface area contributed by atoms with Gasteiger partial charge in [-0.05, 0) is 18.1 Å². The number of hydrogen-bond acceptors (Lipinski definition) is 1. The summed E-state index contributed by atoms with van der Waals surface area (Å²) in [5.41, 5.74) is 0.997. The third kappa shape index (κ3) is 4.81. The lowest BCUT2D eigenvalue weighted by molar-refractivity contribution is -0.120. The normalized spacial score (nSPS) is 9.88. The van der Waals surface area contributed by atoms with Crippen LogP contribution in [0.2, 0.25) is 5.02 Å². The lowest BCUT2D eigenvalue weighted by atomic mass is 10.1. The third-order valence-corrected chi connectivity index (χ3v) is 2.71. The summed E-state index contributed by atoms with van der Waals surface area (Å²) in [5.74, 6) is 0.000481. The summed E-state index contributed by atoms with van der Waals surface area (Å²) in [5, 5.41) is 3.45. The summed E-state index contributed by atoms with van der Waals surface area (Å²) in [6, 6.07) is 7.55. The van der Waals surface area contributed by atoms with E-state index in [-0.39, 0.29) is 5.91 Å². The standard InChI is InChI=1S/C12H13BrClNO/c1-9(13)8-15-12(16)7-6-10-4-2-3-5-11(10)14/h2-5H,1,6-8H2,(H,15,16). The first-order valence-corrected chi connectivity index (χ1v) is 6.10. The van der Waals surface area contributed by atoms with Crippen molar-refractivity contribution in [3.8, 4) is 0 Å². The number of rotatable bonds is 5. The smallest absolute Gasteiger partial charge is 0.220 e. The van der Waals surface area contributed by atoms with Crippen molar-refractivity contribution in [1.82, 2.24) is 5.32 Å². The number of benzene rings is 1. The molecule has 0 saturated carbocycles. The zero-order valence-corrected chi connectivity index (χ0v) is 11.1. The molecule has 1 N–H and O–H groups in total. The summed E-state index contributed by atoms with van der Waals surface area (Å²) in [7, 11) is 0. The molecule has 0 bridgehead atoms. The van der Waals surface area contributed by atoms with Crippen LogP contribution in [0.4, 0.5) is 0 Å². The molecule has 16 heavy (non-hydrogen) atoms. The number of carbonyl (C=O) groups is 1. The molecule has 0 saturated heterocycles. The average Bonchev–Trinajstić information content (AvgIpc) is 2.25. The molecule has 1 rings (SSSR count). The van der Waals surface area contributed by atoms with Crippen molar-refractivity contribution in [2.75, 3.05) is 6.54 Å². The molecule has 1 aromatic rings. The molecule has 0 unspecified atom stereocenters. The molecular weight excluding hydrogens is 289 g/mol. The minimum Gasteiger partial charge on any atom is -0.352 e. The van der Waals surface area contributed by atoms with Crippen molar-refractivity contribution in [2.45, 2.75) is 12.8 Å². The van der Waals surface area contributed by atoms with Crippen molar-refractivity contribution < 1.29 is 4.79 Å². The molecule has 1 aromatic carbocycles. The Morgan fingerprint density at radius 2 is 2.12 bits per heavy atom. The Morgan fingerprint density at radius 3 is 2.75 bits per heavy atom. The molecule has 0 aliphatic rings. The molecule has 4 heteroatoms. The van der Waals surface area contributed by atoms with Crippen LogP contribution in [0, 0.1) is 0 Å². The van der Waals surface area contributed by atoms with E-state index in [1.165, 1.54) is 0 Å². The fourth-order valence-electron chi connectivity index (χ4n) is 1.23. The highest BCUT2D eigenvalue weighted by atomic mass is 79.9. The zero-order chi connectivity index (χ0) is 12.0. The Bertz CT molecular complexity index is 392. The molecule has 0 radical (unpaired) electrons. The highest BCUT2D eigenvalue weighted by molar-refractivity contribution is 9.11. The Hall–Kier alpha value is -0.800. The van der Waals surface area contributed by atoms with Crippen LogP contribution in [-0.4, -0.2) is 12.5 Å². The van der Waals surface area contributed by atoms with Gasteiger partial charge in [-0.15, -0.1) is 0 Å². The van der Waals surface area contributed by atoms with E-state index in [0.717, 1.165) is 10.0 Å². The minimum absolute atomic E-state index is 0.000481. The van der Waals surface area contributed by atoms with Gasteiger partial charge in [0.05, 0.1) is 0 Å². The molecule has 0 heterocycles. The molecule has 86 valence electrons. The van der Waals surface area contributed by atoms with Crippen LogP contribution < -0.4 is 5.32 Å². The van der Waals surface area contributed by atoms with E-state index in [2.05, 4.69) is 27.8 Å². The van der Waals surface area contributed by atoms with Gasteiger partial charge in [-0.3, -0.25) is 4.79 Å². The number of aryl methyl sites for hydroxylation is 1. The largest absolute Gasteiger partial charge is 0.352 e. The maximum Gasteiger partial charge on any atom is 0.220 e. The second-order valence-corrected chi connectivity index (χ2v) is 4.91. The minimum atomic E-state index is 0.000481. The number of hydrogen-bond donors (Lipinski definition) is 1. The Labute approximate surface area is 109 Å². The van der Waals surface area contributed by atoms with Crippen LogP contribution in [0.3, 0.4) is 0 Å². The van der Waals surface area contributed by atoms with Crippen LogP contribution in [0.5, 0.6) is 0 Å². The number of carbonyl (C=O) groups excluding carboxylic acids is 1. The van der Waals surface area contributed by atoms with Crippen molar-refractivity contribution in [3.05, 3.63) is 45.9 Å². The summed E-state index contributed by atoms with van der Waals surface area (Å²) in [4.78, 5) is 11.4.